The number of amides is 1. The molecule has 0 saturated carbocycles. The molecule has 1 amide bonds. The number of carbonyl (C=O) groups is 2. The van der Waals surface area contributed by atoms with Crippen LogP contribution in [0, 0.1) is 11.6 Å². The van der Waals surface area contributed by atoms with Gasteiger partial charge in [0.1, 0.15) is 17.3 Å². The van der Waals surface area contributed by atoms with Crippen molar-refractivity contribution in [3.8, 4) is 0 Å². The predicted octanol–water partition coefficient (Wildman–Crippen LogP) is 5.88. The van der Waals surface area contributed by atoms with Gasteiger partial charge in [-0.25, -0.2) is 8.78 Å². The molecule has 0 spiro atoms. The first kappa shape index (κ1) is 21.5. The van der Waals surface area contributed by atoms with Crippen LogP contribution in [-0.2, 0) is 9.59 Å². The van der Waals surface area contributed by atoms with Gasteiger partial charge >= 0.3 is 0 Å². The Labute approximate surface area is 187 Å². The average Bonchev–Trinajstić information content (AvgIpc) is 2.70. The second kappa shape index (κ2) is 8.44. The zero-order chi connectivity index (χ0) is 22.3. The van der Waals surface area contributed by atoms with Crippen LogP contribution in [0.15, 0.2) is 58.9 Å². The van der Waals surface area contributed by atoms with Crippen LogP contribution < -0.4 is 10.6 Å². The van der Waals surface area contributed by atoms with E-state index in [0.29, 0.717) is 46.1 Å². The molecular weight excluding hydrogens is 445 g/mol. The molecule has 4 rings (SSSR count). The smallest absolute Gasteiger partial charge is 0.254 e. The molecule has 2 aromatic rings. The van der Waals surface area contributed by atoms with Gasteiger partial charge in [-0.1, -0.05) is 35.3 Å². The number of nitrogens with one attached hydrogen (secondary N) is 2. The van der Waals surface area contributed by atoms with Crippen LogP contribution in [0.5, 0.6) is 0 Å². The van der Waals surface area contributed by atoms with Gasteiger partial charge in [0, 0.05) is 44.9 Å². The number of ketones is 1. The minimum Gasteiger partial charge on any atom is -0.362 e. The van der Waals surface area contributed by atoms with Crippen molar-refractivity contribution in [2.24, 2.45) is 0 Å². The zero-order valence-corrected chi connectivity index (χ0v) is 18.0. The molecule has 0 radical (unpaired) electrons. The normalized spacial score (nSPS) is 18.6. The maximum absolute atomic E-state index is 14.1. The Balaban J connectivity index is 1.84. The van der Waals surface area contributed by atoms with Crippen molar-refractivity contribution in [2.75, 3.05) is 5.32 Å². The minimum absolute atomic E-state index is 0.0976. The third-order valence-electron chi connectivity index (χ3n) is 5.50. The highest BCUT2D eigenvalue weighted by Crippen LogP contribution is 2.45. The lowest BCUT2D eigenvalue weighted by atomic mass is 9.75. The van der Waals surface area contributed by atoms with E-state index in [9.17, 15) is 18.4 Å². The molecule has 1 heterocycles. The Morgan fingerprint density at radius 3 is 2.52 bits per heavy atom. The molecule has 0 bridgehead atoms. The van der Waals surface area contributed by atoms with E-state index in [1.54, 1.807) is 19.1 Å². The zero-order valence-electron chi connectivity index (χ0n) is 16.5. The number of hydrogen-bond donors (Lipinski definition) is 2. The van der Waals surface area contributed by atoms with Crippen molar-refractivity contribution in [3.05, 3.63) is 86.2 Å². The number of anilines is 1. The van der Waals surface area contributed by atoms with Gasteiger partial charge in [-0.3, -0.25) is 9.59 Å². The highest BCUT2D eigenvalue weighted by Gasteiger charge is 2.39. The third kappa shape index (κ3) is 3.98. The van der Waals surface area contributed by atoms with Gasteiger partial charge in [0.2, 0.25) is 0 Å². The van der Waals surface area contributed by atoms with Crippen molar-refractivity contribution in [1.29, 1.82) is 0 Å². The lowest BCUT2D eigenvalue weighted by molar-refractivity contribution is -0.116. The minimum atomic E-state index is -0.898. The van der Waals surface area contributed by atoms with Crippen LogP contribution in [0.4, 0.5) is 14.5 Å². The number of benzene rings is 2. The molecule has 2 N–H and O–H groups in total. The van der Waals surface area contributed by atoms with Crippen LogP contribution in [0.25, 0.3) is 0 Å². The summed E-state index contributed by atoms with van der Waals surface area (Å²) in [5, 5.41) is 6.18. The Morgan fingerprint density at radius 1 is 1.13 bits per heavy atom. The van der Waals surface area contributed by atoms with E-state index in [1.165, 1.54) is 12.1 Å². The molecule has 0 fully saturated rings. The summed E-state index contributed by atoms with van der Waals surface area (Å²) in [6, 6.07) is 8.14. The molecule has 31 heavy (non-hydrogen) atoms. The molecule has 1 aliphatic carbocycles. The summed E-state index contributed by atoms with van der Waals surface area (Å²) in [4.78, 5) is 26.2. The van der Waals surface area contributed by atoms with E-state index in [4.69, 9.17) is 23.2 Å². The van der Waals surface area contributed by atoms with E-state index in [1.807, 2.05) is 0 Å². The lowest BCUT2D eigenvalue weighted by Crippen LogP contribution is -2.35. The number of Topliss-reactive ketones (excluding diaryl/α,β-unsaturated/α-hetero) is 1. The van der Waals surface area contributed by atoms with Gasteiger partial charge < -0.3 is 10.6 Å². The molecule has 2 aromatic carbocycles. The van der Waals surface area contributed by atoms with E-state index in [0.717, 1.165) is 17.8 Å². The predicted molar refractivity (Wildman–Crippen MR) is 116 cm³/mol. The number of carbonyl (C=O) groups excluding carboxylic acids is 2. The van der Waals surface area contributed by atoms with Gasteiger partial charge in [-0.15, -0.1) is 0 Å². The number of allylic oxidation sites excluding steroid dienone is 3. The number of dihydropyridines is 1. The standard InChI is InChI=1S/C23H18Cl2F2N2O2/c1-11-19(23(31)29-22-15(26)4-2-5-16(22)27)20(13-9-8-12(24)10-14(13)25)21-17(28-11)6-3-7-18(21)30/h2,4-5,8-10,20,28H,3,6-7H2,1H3,(H,29,31). The van der Waals surface area contributed by atoms with Crippen LogP contribution in [0.1, 0.15) is 37.7 Å². The summed E-state index contributed by atoms with van der Waals surface area (Å²) in [5.74, 6) is -3.41. The van der Waals surface area contributed by atoms with Gasteiger partial charge in [0.05, 0.1) is 0 Å². The molecule has 0 aromatic heterocycles. The van der Waals surface area contributed by atoms with Gasteiger partial charge in [0.15, 0.2) is 5.78 Å². The van der Waals surface area contributed by atoms with Crippen LogP contribution in [0.3, 0.4) is 0 Å². The molecule has 2 aliphatic rings. The second-order valence-corrected chi connectivity index (χ2v) is 8.33. The maximum Gasteiger partial charge on any atom is 0.254 e. The molecule has 8 heteroatoms. The second-order valence-electron chi connectivity index (χ2n) is 7.48. The molecule has 1 atom stereocenters. The highest BCUT2D eigenvalue weighted by atomic mass is 35.5. The average molecular weight is 463 g/mol. The maximum atomic E-state index is 14.1. The Kier molecular flexibility index (Phi) is 5.86. The first-order valence-electron chi connectivity index (χ1n) is 9.72. The topological polar surface area (TPSA) is 58.2 Å². The quantitative estimate of drug-likeness (QED) is 0.598. The van der Waals surface area contributed by atoms with Crippen molar-refractivity contribution >= 4 is 40.6 Å². The Morgan fingerprint density at radius 2 is 1.84 bits per heavy atom. The van der Waals surface area contributed by atoms with Crippen molar-refractivity contribution in [2.45, 2.75) is 32.1 Å². The van der Waals surface area contributed by atoms with E-state index in [2.05, 4.69) is 10.6 Å². The summed E-state index contributed by atoms with van der Waals surface area (Å²) in [6.07, 6.45) is 1.69. The Hall–Kier alpha value is -2.70. The number of para-hydroxylation sites is 1. The number of hydrogen-bond acceptors (Lipinski definition) is 3. The molecule has 4 nitrogen and oxygen atoms in total. The fourth-order valence-corrected chi connectivity index (χ4v) is 4.65. The first-order valence-corrected chi connectivity index (χ1v) is 10.5. The van der Waals surface area contributed by atoms with Crippen molar-refractivity contribution in [3.63, 3.8) is 0 Å². The fourth-order valence-electron chi connectivity index (χ4n) is 4.13. The van der Waals surface area contributed by atoms with E-state index in [-0.39, 0.29) is 11.4 Å². The number of halogens is 4. The summed E-state index contributed by atoms with van der Waals surface area (Å²) in [7, 11) is 0. The van der Waals surface area contributed by atoms with Crippen molar-refractivity contribution in [1.82, 2.24) is 5.32 Å². The lowest BCUT2D eigenvalue weighted by Gasteiger charge is -2.35. The highest BCUT2D eigenvalue weighted by molar-refractivity contribution is 6.35. The van der Waals surface area contributed by atoms with Crippen molar-refractivity contribution < 1.29 is 18.4 Å². The van der Waals surface area contributed by atoms with Crippen LogP contribution >= 0.6 is 23.2 Å². The molecule has 160 valence electrons. The van der Waals surface area contributed by atoms with Gasteiger partial charge in [0.25, 0.3) is 5.91 Å². The van der Waals surface area contributed by atoms with Gasteiger partial charge in [-0.2, -0.15) is 0 Å². The number of rotatable bonds is 3. The summed E-state index contributed by atoms with van der Waals surface area (Å²) in [5.41, 5.74) is 1.80. The summed E-state index contributed by atoms with van der Waals surface area (Å²) < 4.78 is 28.3. The largest absolute Gasteiger partial charge is 0.362 e. The molecule has 1 unspecified atom stereocenters. The molecule has 0 saturated heterocycles. The third-order valence-corrected chi connectivity index (χ3v) is 6.06. The van der Waals surface area contributed by atoms with Gasteiger partial charge in [-0.05, 0) is 49.6 Å². The fraction of sp³-hybridized carbons (Fsp3) is 0.217. The summed E-state index contributed by atoms with van der Waals surface area (Å²) >= 11 is 12.5. The summed E-state index contributed by atoms with van der Waals surface area (Å²) in [6.45, 7) is 1.69. The van der Waals surface area contributed by atoms with E-state index >= 15 is 0 Å². The molecular formula is C23H18Cl2F2N2O2. The first-order chi connectivity index (χ1) is 14.8. The SMILES string of the molecule is CC1=C(C(=O)Nc2c(F)cccc2F)C(c2ccc(Cl)cc2Cl)C2=C(CCCC2=O)N1. The van der Waals surface area contributed by atoms with Crippen LogP contribution in [-0.4, -0.2) is 11.7 Å². The van der Waals surface area contributed by atoms with E-state index < -0.39 is 29.1 Å². The molecule has 1 aliphatic heterocycles. The Bertz CT molecular complexity index is 1150. The van der Waals surface area contributed by atoms with Crippen LogP contribution in [0.2, 0.25) is 10.0 Å². The monoisotopic (exact) mass is 462 g/mol.